The number of nitrogens with zero attached hydrogens (tertiary/aromatic N) is 1. The lowest BCUT2D eigenvalue weighted by atomic mass is 9.79. The lowest BCUT2D eigenvalue weighted by Gasteiger charge is -2.43. The van der Waals surface area contributed by atoms with E-state index in [0.717, 1.165) is 5.56 Å². The molecule has 1 aliphatic heterocycles. The lowest BCUT2D eigenvalue weighted by Crippen LogP contribution is -2.48. The number of carboxylic acids is 1. The molecular weight excluding hydrogens is 318 g/mol. The van der Waals surface area contributed by atoms with E-state index in [0.29, 0.717) is 16.9 Å². The Hall–Kier alpha value is -2.82. The number of benzene rings is 2. The van der Waals surface area contributed by atoms with Crippen molar-refractivity contribution in [3.8, 4) is 5.75 Å². The molecular formula is C20H21NO4. The number of carbonyl (C=O) groups is 2. The molecule has 5 nitrogen and oxygen atoms in total. The van der Waals surface area contributed by atoms with Gasteiger partial charge < -0.3 is 14.7 Å². The maximum Gasteiger partial charge on any atom is 0.313 e. The molecule has 5 heteroatoms. The summed E-state index contributed by atoms with van der Waals surface area (Å²) < 4.78 is 5.19. The first-order valence-electron chi connectivity index (χ1n) is 8.24. The molecule has 0 fully saturated rings. The Labute approximate surface area is 146 Å². The van der Waals surface area contributed by atoms with Crippen LogP contribution in [0.25, 0.3) is 0 Å². The van der Waals surface area contributed by atoms with E-state index >= 15 is 0 Å². The highest BCUT2D eigenvalue weighted by Gasteiger charge is 2.45. The Morgan fingerprint density at radius 3 is 2.32 bits per heavy atom. The fourth-order valence-corrected chi connectivity index (χ4v) is 3.54. The highest BCUT2D eigenvalue weighted by Crippen LogP contribution is 2.44. The molecule has 2 aromatic carbocycles. The Balaban J connectivity index is 2.20. The highest BCUT2D eigenvalue weighted by molar-refractivity contribution is 6.00. The van der Waals surface area contributed by atoms with Gasteiger partial charge in [0.05, 0.1) is 13.2 Å². The zero-order valence-corrected chi connectivity index (χ0v) is 14.5. The molecule has 3 rings (SSSR count). The SMILES string of the molecule is COc1ccc([C@@H]2[C@@H](C(=O)O)c3ccccc3C(=O)N2C(C)C)cc1. The fourth-order valence-electron chi connectivity index (χ4n) is 3.54. The second-order valence-corrected chi connectivity index (χ2v) is 6.43. The average Bonchev–Trinajstić information content (AvgIpc) is 2.61. The Kier molecular flexibility index (Phi) is 4.49. The molecule has 1 heterocycles. The van der Waals surface area contributed by atoms with Gasteiger partial charge in [-0.1, -0.05) is 30.3 Å². The quantitative estimate of drug-likeness (QED) is 0.926. The number of hydrogen-bond donors (Lipinski definition) is 1. The summed E-state index contributed by atoms with van der Waals surface area (Å²) in [5.41, 5.74) is 1.82. The van der Waals surface area contributed by atoms with Gasteiger partial charge in [0.15, 0.2) is 0 Å². The van der Waals surface area contributed by atoms with Gasteiger partial charge in [-0.25, -0.2) is 0 Å². The number of aliphatic carboxylic acids is 1. The third-order valence-corrected chi connectivity index (χ3v) is 4.66. The van der Waals surface area contributed by atoms with E-state index < -0.39 is 17.9 Å². The standard InChI is InChI=1S/C20H21NO4/c1-12(2)21-18(13-8-10-14(25-3)11-9-13)17(20(23)24)15-6-4-5-7-16(15)19(21)22/h4-12,17-18H,1-3H3,(H,23,24)/t17-,18+/m0/s1. The van der Waals surface area contributed by atoms with Crippen LogP contribution in [0.2, 0.25) is 0 Å². The van der Waals surface area contributed by atoms with Gasteiger partial charge >= 0.3 is 5.97 Å². The van der Waals surface area contributed by atoms with Crippen molar-refractivity contribution in [3.05, 3.63) is 65.2 Å². The van der Waals surface area contributed by atoms with E-state index in [4.69, 9.17) is 4.74 Å². The minimum Gasteiger partial charge on any atom is -0.497 e. The summed E-state index contributed by atoms with van der Waals surface area (Å²) in [6.07, 6.45) is 0. The van der Waals surface area contributed by atoms with Gasteiger partial charge in [-0.3, -0.25) is 9.59 Å². The Bertz CT molecular complexity index is 798. The predicted molar refractivity (Wildman–Crippen MR) is 93.9 cm³/mol. The highest BCUT2D eigenvalue weighted by atomic mass is 16.5. The van der Waals surface area contributed by atoms with Gasteiger partial charge in [-0.15, -0.1) is 0 Å². The van der Waals surface area contributed by atoms with Crippen molar-refractivity contribution in [2.75, 3.05) is 7.11 Å². The largest absolute Gasteiger partial charge is 0.497 e. The monoisotopic (exact) mass is 339 g/mol. The Morgan fingerprint density at radius 2 is 1.76 bits per heavy atom. The van der Waals surface area contributed by atoms with Gasteiger partial charge in [0.1, 0.15) is 11.7 Å². The van der Waals surface area contributed by atoms with Crippen molar-refractivity contribution < 1.29 is 19.4 Å². The van der Waals surface area contributed by atoms with Crippen molar-refractivity contribution in [1.82, 2.24) is 4.90 Å². The number of methoxy groups -OCH3 is 1. The fraction of sp³-hybridized carbons (Fsp3) is 0.300. The molecule has 0 aromatic heterocycles. The number of amides is 1. The summed E-state index contributed by atoms with van der Waals surface area (Å²) in [6.45, 7) is 3.81. The van der Waals surface area contributed by atoms with Crippen LogP contribution in [0.5, 0.6) is 5.75 Å². The molecule has 0 unspecified atom stereocenters. The van der Waals surface area contributed by atoms with Crippen molar-refractivity contribution in [3.63, 3.8) is 0 Å². The summed E-state index contributed by atoms with van der Waals surface area (Å²) in [5, 5.41) is 9.94. The molecule has 25 heavy (non-hydrogen) atoms. The summed E-state index contributed by atoms with van der Waals surface area (Å²) in [4.78, 5) is 26.8. The van der Waals surface area contributed by atoms with Crippen LogP contribution in [0.1, 0.15) is 47.3 Å². The minimum atomic E-state index is -0.939. The maximum absolute atomic E-state index is 13.0. The van der Waals surface area contributed by atoms with E-state index in [2.05, 4.69) is 0 Å². The van der Waals surface area contributed by atoms with Crippen LogP contribution < -0.4 is 4.74 Å². The topological polar surface area (TPSA) is 66.8 Å². The predicted octanol–water partition coefficient (Wildman–Crippen LogP) is 3.47. The smallest absolute Gasteiger partial charge is 0.313 e. The van der Waals surface area contributed by atoms with E-state index in [-0.39, 0.29) is 11.9 Å². The van der Waals surface area contributed by atoms with E-state index in [1.165, 1.54) is 0 Å². The molecule has 2 atom stereocenters. The van der Waals surface area contributed by atoms with Crippen LogP contribution >= 0.6 is 0 Å². The molecule has 0 saturated heterocycles. The van der Waals surface area contributed by atoms with Gasteiger partial charge in [-0.2, -0.15) is 0 Å². The molecule has 0 saturated carbocycles. The van der Waals surface area contributed by atoms with Crippen molar-refractivity contribution in [2.45, 2.75) is 31.8 Å². The zero-order valence-electron chi connectivity index (χ0n) is 14.5. The van der Waals surface area contributed by atoms with E-state index in [1.54, 1.807) is 48.4 Å². The normalized spacial score (nSPS) is 19.7. The second-order valence-electron chi connectivity index (χ2n) is 6.43. The molecule has 130 valence electrons. The first-order chi connectivity index (χ1) is 12.0. The number of fused-ring (bicyclic) bond motifs is 1. The molecule has 0 spiro atoms. The maximum atomic E-state index is 13.0. The van der Waals surface area contributed by atoms with Gasteiger partial charge in [0.25, 0.3) is 5.91 Å². The summed E-state index contributed by atoms with van der Waals surface area (Å²) in [7, 11) is 1.58. The number of carboxylic acid groups (broad SMARTS) is 1. The Morgan fingerprint density at radius 1 is 1.12 bits per heavy atom. The lowest BCUT2D eigenvalue weighted by molar-refractivity contribution is -0.140. The van der Waals surface area contributed by atoms with Crippen LogP contribution in [0.15, 0.2) is 48.5 Å². The average molecular weight is 339 g/mol. The summed E-state index contributed by atoms with van der Waals surface area (Å²) in [6, 6.07) is 13.5. The van der Waals surface area contributed by atoms with Crippen LogP contribution in [-0.2, 0) is 4.79 Å². The molecule has 0 radical (unpaired) electrons. The summed E-state index contributed by atoms with van der Waals surface area (Å²) >= 11 is 0. The molecule has 0 aliphatic carbocycles. The first-order valence-corrected chi connectivity index (χ1v) is 8.24. The van der Waals surface area contributed by atoms with Crippen LogP contribution in [0, 0.1) is 0 Å². The van der Waals surface area contributed by atoms with Gasteiger partial charge in [0, 0.05) is 11.6 Å². The number of hydrogen-bond acceptors (Lipinski definition) is 3. The van der Waals surface area contributed by atoms with Gasteiger partial charge in [-0.05, 0) is 43.2 Å². The third-order valence-electron chi connectivity index (χ3n) is 4.66. The molecule has 1 N–H and O–H groups in total. The van der Waals surface area contributed by atoms with Crippen LogP contribution in [-0.4, -0.2) is 35.0 Å². The van der Waals surface area contributed by atoms with Crippen LogP contribution in [0.3, 0.4) is 0 Å². The molecule has 2 aromatic rings. The van der Waals surface area contributed by atoms with Crippen molar-refractivity contribution >= 4 is 11.9 Å². The molecule has 1 aliphatic rings. The summed E-state index contributed by atoms with van der Waals surface area (Å²) in [5.74, 6) is -1.20. The number of ether oxygens (including phenoxy) is 1. The van der Waals surface area contributed by atoms with Gasteiger partial charge in [0.2, 0.25) is 0 Å². The van der Waals surface area contributed by atoms with E-state index in [1.807, 2.05) is 26.0 Å². The molecule has 1 amide bonds. The zero-order chi connectivity index (χ0) is 18.1. The first kappa shape index (κ1) is 17.0. The van der Waals surface area contributed by atoms with Crippen LogP contribution in [0.4, 0.5) is 0 Å². The van der Waals surface area contributed by atoms with Crippen molar-refractivity contribution in [1.29, 1.82) is 0 Å². The van der Waals surface area contributed by atoms with E-state index in [9.17, 15) is 14.7 Å². The minimum absolute atomic E-state index is 0.130. The number of carbonyl (C=O) groups excluding carboxylic acids is 1. The second kappa shape index (κ2) is 6.59. The number of rotatable bonds is 4. The molecule has 0 bridgehead atoms. The van der Waals surface area contributed by atoms with Crippen molar-refractivity contribution in [2.24, 2.45) is 0 Å². The third kappa shape index (κ3) is 2.86.